The van der Waals surface area contributed by atoms with E-state index in [9.17, 15) is 4.79 Å². The van der Waals surface area contributed by atoms with Crippen LogP contribution in [0.3, 0.4) is 0 Å². The molecule has 0 fully saturated rings. The number of carbonyl (C=O) groups excluding carboxylic acids is 1. The second kappa shape index (κ2) is 5.26. The molecule has 0 aliphatic rings. The van der Waals surface area contributed by atoms with Gasteiger partial charge >= 0.3 is 0 Å². The summed E-state index contributed by atoms with van der Waals surface area (Å²) in [7, 11) is 1.62. The monoisotopic (exact) mass is 283 g/mol. The number of rotatable bonds is 3. The Balaban J connectivity index is 2.01. The summed E-state index contributed by atoms with van der Waals surface area (Å²) in [6.07, 6.45) is 0. The maximum atomic E-state index is 11.4. The van der Waals surface area contributed by atoms with Gasteiger partial charge in [-0.25, -0.2) is 10.5 Å². The molecule has 3 N–H and O–H groups in total. The minimum atomic E-state index is -0.558. The number of hydrogen-bond donors (Lipinski definition) is 3. The van der Waals surface area contributed by atoms with Crippen molar-refractivity contribution in [2.45, 2.75) is 0 Å². The smallest absolute Gasteiger partial charge is 0.274 e. The molecule has 6 heteroatoms. The Kier molecular flexibility index (Phi) is 3.29. The van der Waals surface area contributed by atoms with E-state index in [2.05, 4.69) is 9.97 Å². The summed E-state index contributed by atoms with van der Waals surface area (Å²) in [5.41, 5.74) is 4.35. The number of benzene rings is 2. The molecule has 0 saturated carbocycles. The predicted molar refractivity (Wildman–Crippen MR) is 77.3 cm³/mol. The lowest BCUT2D eigenvalue weighted by Crippen LogP contribution is -2.18. The molecule has 1 amide bonds. The van der Waals surface area contributed by atoms with Crippen molar-refractivity contribution in [2.75, 3.05) is 7.11 Å². The van der Waals surface area contributed by atoms with Crippen LogP contribution in [0.25, 0.3) is 22.4 Å². The average Bonchev–Trinajstić information content (AvgIpc) is 2.97. The van der Waals surface area contributed by atoms with E-state index in [1.807, 2.05) is 24.3 Å². The first kappa shape index (κ1) is 13.1. The highest BCUT2D eigenvalue weighted by Gasteiger charge is 2.09. The first-order chi connectivity index (χ1) is 10.2. The van der Waals surface area contributed by atoms with Crippen molar-refractivity contribution in [1.29, 1.82) is 0 Å². The Morgan fingerprint density at radius 3 is 2.67 bits per heavy atom. The highest BCUT2D eigenvalue weighted by molar-refractivity contribution is 5.97. The molecule has 0 saturated heterocycles. The van der Waals surface area contributed by atoms with E-state index < -0.39 is 5.91 Å². The summed E-state index contributed by atoms with van der Waals surface area (Å²) in [5, 5.41) is 8.66. The molecule has 21 heavy (non-hydrogen) atoms. The summed E-state index contributed by atoms with van der Waals surface area (Å²) in [6, 6.07) is 12.5. The van der Waals surface area contributed by atoms with Gasteiger partial charge in [0, 0.05) is 11.1 Å². The van der Waals surface area contributed by atoms with Crippen LogP contribution < -0.4 is 10.2 Å². The van der Waals surface area contributed by atoms with Gasteiger partial charge in [-0.2, -0.15) is 0 Å². The fourth-order valence-electron chi connectivity index (χ4n) is 2.10. The molecule has 106 valence electrons. The van der Waals surface area contributed by atoms with E-state index in [1.165, 1.54) is 0 Å². The normalized spacial score (nSPS) is 10.6. The lowest BCUT2D eigenvalue weighted by atomic mass is 10.2. The van der Waals surface area contributed by atoms with Gasteiger partial charge in [-0.3, -0.25) is 10.0 Å². The zero-order chi connectivity index (χ0) is 14.8. The van der Waals surface area contributed by atoms with E-state index in [4.69, 9.17) is 9.94 Å². The van der Waals surface area contributed by atoms with Crippen molar-refractivity contribution in [3.05, 3.63) is 48.0 Å². The van der Waals surface area contributed by atoms with E-state index in [0.717, 1.165) is 22.3 Å². The first-order valence-corrected chi connectivity index (χ1v) is 6.30. The van der Waals surface area contributed by atoms with Gasteiger partial charge in [0.2, 0.25) is 0 Å². The Labute approximate surface area is 120 Å². The molecular weight excluding hydrogens is 270 g/mol. The van der Waals surface area contributed by atoms with Crippen LogP contribution in [0.5, 0.6) is 5.75 Å². The van der Waals surface area contributed by atoms with E-state index in [1.54, 1.807) is 30.8 Å². The van der Waals surface area contributed by atoms with Crippen molar-refractivity contribution in [3.63, 3.8) is 0 Å². The topological polar surface area (TPSA) is 87.2 Å². The van der Waals surface area contributed by atoms with Crippen LogP contribution in [0.4, 0.5) is 0 Å². The van der Waals surface area contributed by atoms with Crippen LogP contribution in [-0.4, -0.2) is 28.2 Å². The van der Waals surface area contributed by atoms with Crippen molar-refractivity contribution in [2.24, 2.45) is 0 Å². The largest absolute Gasteiger partial charge is 0.497 e. The molecule has 1 heterocycles. The summed E-state index contributed by atoms with van der Waals surface area (Å²) >= 11 is 0. The van der Waals surface area contributed by atoms with E-state index in [0.29, 0.717) is 11.4 Å². The maximum Gasteiger partial charge on any atom is 0.274 e. The number of aromatic amines is 1. The number of imidazole rings is 1. The Morgan fingerprint density at radius 2 is 2.00 bits per heavy atom. The second-order valence-corrected chi connectivity index (χ2v) is 4.49. The van der Waals surface area contributed by atoms with Crippen LogP contribution in [-0.2, 0) is 0 Å². The maximum absolute atomic E-state index is 11.4. The molecule has 0 unspecified atom stereocenters. The summed E-state index contributed by atoms with van der Waals surface area (Å²) in [5.74, 6) is 0.920. The molecule has 0 bridgehead atoms. The molecule has 0 aliphatic carbocycles. The Hall–Kier alpha value is -2.86. The molecule has 2 aromatic carbocycles. The number of hydroxylamine groups is 1. The van der Waals surface area contributed by atoms with Gasteiger partial charge < -0.3 is 9.72 Å². The number of hydrogen-bond acceptors (Lipinski definition) is 4. The second-order valence-electron chi connectivity index (χ2n) is 4.49. The molecule has 0 radical (unpaired) electrons. The van der Waals surface area contributed by atoms with Crippen LogP contribution in [0.2, 0.25) is 0 Å². The van der Waals surface area contributed by atoms with E-state index >= 15 is 0 Å². The number of fused-ring (bicyclic) bond motifs is 1. The Bertz CT molecular complexity index is 794. The van der Waals surface area contributed by atoms with Gasteiger partial charge in [0.15, 0.2) is 0 Å². The Morgan fingerprint density at radius 1 is 1.24 bits per heavy atom. The number of aromatic nitrogens is 2. The van der Waals surface area contributed by atoms with Crippen molar-refractivity contribution in [3.8, 4) is 17.1 Å². The number of amides is 1. The molecule has 0 atom stereocenters. The number of ether oxygens (including phenoxy) is 1. The number of H-pyrrole nitrogens is 1. The predicted octanol–water partition coefficient (Wildman–Crippen LogP) is 2.36. The van der Waals surface area contributed by atoms with Crippen molar-refractivity contribution in [1.82, 2.24) is 15.4 Å². The molecule has 3 rings (SSSR count). The third kappa shape index (κ3) is 2.44. The van der Waals surface area contributed by atoms with Gasteiger partial charge in [-0.15, -0.1) is 0 Å². The van der Waals surface area contributed by atoms with Crippen LogP contribution in [0.15, 0.2) is 42.5 Å². The van der Waals surface area contributed by atoms with Crippen LogP contribution in [0.1, 0.15) is 10.4 Å². The molecule has 1 aromatic heterocycles. The lowest BCUT2D eigenvalue weighted by molar-refractivity contribution is 0.0706. The first-order valence-electron chi connectivity index (χ1n) is 6.30. The van der Waals surface area contributed by atoms with Crippen LogP contribution >= 0.6 is 0 Å². The van der Waals surface area contributed by atoms with Gasteiger partial charge in [0.25, 0.3) is 5.91 Å². The molecule has 6 nitrogen and oxygen atoms in total. The summed E-state index contributed by atoms with van der Waals surface area (Å²) in [6.45, 7) is 0. The van der Waals surface area contributed by atoms with Gasteiger partial charge in [0.1, 0.15) is 11.6 Å². The summed E-state index contributed by atoms with van der Waals surface area (Å²) in [4.78, 5) is 19.0. The van der Waals surface area contributed by atoms with E-state index in [-0.39, 0.29) is 0 Å². The SMILES string of the molecule is COc1ccc(-c2nc3ccc(C(=O)NO)cc3[nH]2)cc1. The fourth-order valence-corrected chi connectivity index (χ4v) is 2.10. The summed E-state index contributed by atoms with van der Waals surface area (Å²) < 4.78 is 5.12. The average molecular weight is 283 g/mol. The molecule has 0 aliphatic heterocycles. The zero-order valence-corrected chi connectivity index (χ0v) is 11.3. The number of nitrogens with zero attached hydrogens (tertiary/aromatic N) is 1. The highest BCUT2D eigenvalue weighted by Crippen LogP contribution is 2.23. The third-order valence-corrected chi connectivity index (χ3v) is 3.21. The van der Waals surface area contributed by atoms with Crippen molar-refractivity contribution < 1.29 is 14.7 Å². The van der Waals surface area contributed by atoms with Crippen LogP contribution in [0, 0.1) is 0 Å². The van der Waals surface area contributed by atoms with Gasteiger partial charge in [-0.05, 0) is 42.5 Å². The number of nitrogens with one attached hydrogen (secondary N) is 2. The molecular formula is C15H13N3O3. The molecule has 3 aromatic rings. The lowest BCUT2D eigenvalue weighted by Gasteiger charge is -2.00. The van der Waals surface area contributed by atoms with Gasteiger partial charge in [-0.1, -0.05) is 0 Å². The third-order valence-electron chi connectivity index (χ3n) is 3.21. The minimum Gasteiger partial charge on any atom is -0.497 e. The zero-order valence-electron chi connectivity index (χ0n) is 11.3. The number of methoxy groups -OCH3 is 1. The number of carbonyl (C=O) groups is 1. The van der Waals surface area contributed by atoms with Crippen molar-refractivity contribution >= 4 is 16.9 Å². The quantitative estimate of drug-likeness (QED) is 0.508. The fraction of sp³-hybridized carbons (Fsp3) is 0.0667. The van der Waals surface area contributed by atoms with Gasteiger partial charge in [0.05, 0.1) is 18.1 Å². The molecule has 0 spiro atoms. The minimum absolute atomic E-state index is 0.356. The standard InChI is InChI=1S/C15H13N3O3/c1-21-11-5-2-9(3-6-11)14-16-12-7-4-10(15(19)18-20)8-13(12)17-14/h2-8,20H,1H3,(H,16,17)(H,18,19). The highest BCUT2D eigenvalue weighted by atomic mass is 16.5.